The maximum atomic E-state index is 12.7. The Bertz CT molecular complexity index is 1200. The first-order valence-corrected chi connectivity index (χ1v) is 10.5. The van der Waals surface area contributed by atoms with Gasteiger partial charge in [0.15, 0.2) is 10.1 Å². The van der Waals surface area contributed by atoms with Crippen LogP contribution in [-0.4, -0.2) is 16.5 Å². The van der Waals surface area contributed by atoms with E-state index in [9.17, 15) is 4.79 Å². The monoisotopic (exact) mass is 388 g/mol. The summed E-state index contributed by atoms with van der Waals surface area (Å²) in [5.74, 6) is 0.527. The molecular formula is C22H16N2OS2. The number of aromatic nitrogens is 1. The lowest BCUT2D eigenvalue weighted by Crippen LogP contribution is -2.03. The second-order valence-corrected chi connectivity index (χ2v) is 8.88. The van der Waals surface area contributed by atoms with E-state index >= 15 is 0 Å². The second kappa shape index (κ2) is 6.51. The van der Waals surface area contributed by atoms with Crippen molar-refractivity contribution in [3.05, 3.63) is 77.4 Å². The highest BCUT2D eigenvalue weighted by Crippen LogP contribution is 2.37. The van der Waals surface area contributed by atoms with Gasteiger partial charge in [0, 0.05) is 11.3 Å². The summed E-state index contributed by atoms with van der Waals surface area (Å²) in [6.45, 7) is 0. The predicted octanol–water partition coefficient (Wildman–Crippen LogP) is 5.42. The lowest BCUT2D eigenvalue weighted by atomic mass is 10.0. The number of thiazole rings is 1. The molecule has 0 atom stereocenters. The van der Waals surface area contributed by atoms with Crippen molar-refractivity contribution in [3.63, 3.8) is 0 Å². The van der Waals surface area contributed by atoms with Gasteiger partial charge < -0.3 is 5.73 Å². The first-order valence-electron chi connectivity index (χ1n) is 8.71. The van der Waals surface area contributed by atoms with Crippen molar-refractivity contribution < 1.29 is 4.79 Å². The van der Waals surface area contributed by atoms with E-state index in [2.05, 4.69) is 41.4 Å². The number of nitrogens with zero attached hydrogens (tertiary/aromatic N) is 1. The number of carbonyl (C=O) groups excluding carboxylic acids is 1. The number of fused-ring (bicyclic) bond motifs is 4. The van der Waals surface area contributed by atoms with Crippen molar-refractivity contribution in [3.8, 4) is 11.1 Å². The van der Waals surface area contributed by atoms with Crippen molar-refractivity contribution >= 4 is 44.8 Å². The highest BCUT2D eigenvalue weighted by Gasteiger charge is 2.19. The van der Waals surface area contributed by atoms with E-state index in [0.717, 1.165) is 32.2 Å². The topological polar surface area (TPSA) is 56.0 Å². The molecule has 0 saturated carbocycles. The van der Waals surface area contributed by atoms with Crippen molar-refractivity contribution in [2.75, 3.05) is 11.5 Å². The molecule has 1 aliphatic rings. The number of carbonyl (C=O) groups is 1. The summed E-state index contributed by atoms with van der Waals surface area (Å²) in [5.41, 5.74) is 13.4. The van der Waals surface area contributed by atoms with Crippen LogP contribution in [0.25, 0.3) is 21.3 Å². The molecule has 0 radical (unpaired) electrons. The molecule has 3 nitrogen and oxygen atoms in total. The van der Waals surface area contributed by atoms with Crippen molar-refractivity contribution in [2.45, 2.75) is 10.8 Å². The van der Waals surface area contributed by atoms with Gasteiger partial charge >= 0.3 is 0 Å². The third-order valence-corrected chi connectivity index (χ3v) is 7.00. The Hall–Kier alpha value is -2.63. The van der Waals surface area contributed by atoms with Gasteiger partial charge in [-0.3, -0.25) is 4.79 Å². The standard InChI is InChI=1S/C22H16N2OS2/c23-16-6-8-19-21(11-16)27-22(24-19)26-12-20(25)14-5-7-18-15(10-14)9-13-3-1-2-4-17(13)18/h1-8,10-11H,9,12,23H2. The molecule has 1 heterocycles. The Balaban J connectivity index is 1.33. The molecule has 5 heteroatoms. The number of hydrogen-bond acceptors (Lipinski definition) is 5. The van der Waals surface area contributed by atoms with Crippen LogP contribution in [0.4, 0.5) is 5.69 Å². The Kier molecular flexibility index (Phi) is 3.99. The van der Waals surface area contributed by atoms with Crippen LogP contribution >= 0.6 is 23.1 Å². The van der Waals surface area contributed by atoms with E-state index < -0.39 is 0 Å². The molecule has 4 aromatic rings. The number of Topliss-reactive ketones (excluding diaryl/α,β-unsaturated/α-hetero) is 1. The lowest BCUT2D eigenvalue weighted by molar-refractivity contribution is 0.102. The van der Waals surface area contributed by atoms with Gasteiger partial charge in [-0.1, -0.05) is 48.2 Å². The zero-order valence-corrected chi connectivity index (χ0v) is 16.1. The number of benzene rings is 3. The number of rotatable bonds is 4. The summed E-state index contributed by atoms with van der Waals surface area (Å²) < 4.78 is 1.96. The van der Waals surface area contributed by atoms with Crippen molar-refractivity contribution in [1.82, 2.24) is 4.98 Å². The van der Waals surface area contributed by atoms with Crippen LogP contribution in [0.1, 0.15) is 21.5 Å². The molecule has 0 amide bonds. The molecule has 0 saturated heterocycles. The predicted molar refractivity (Wildman–Crippen MR) is 114 cm³/mol. The zero-order chi connectivity index (χ0) is 18.4. The van der Waals surface area contributed by atoms with E-state index in [4.69, 9.17) is 5.73 Å². The third-order valence-electron chi connectivity index (χ3n) is 4.84. The van der Waals surface area contributed by atoms with Gasteiger partial charge in [0.1, 0.15) is 0 Å². The summed E-state index contributed by atoms with van der Waals surface area (Å²) in [6.07, 6.45) is 0.902. The number of ketones is 1. The van der Waals surface area contributed by atoms with Crippen LogP contribution in [0.5, 0.6) is 0 Å². The molecule has 0 spiro atoms. The first-order chi connectivity index (χ1) is 13.2. The molecule has 5 rings (SSSR count). The number of thioether (sulfide) groups is 1. The first kappa shape index (κ1) is 16.5. The Morgan fingerprint density at radius 3 is 2.81 bits per heavy atom. The minimum atomic E-state index is 0.137. The molecule has 132 valence electrons. The summed E-state index contributed by atoms with van der Waals surface area (Å²) >= 11 is 3.07. The molecule has 0 unspecified atom stereocenters. The fourth-order valence-corrected chi connectivity index (χ4v) is 5.52. The number of nitrogens with two attached hydrogens (primary N) is 1. The Morgan fingerprint density at radius 2 is 1.89 bits per heavy atom. The summed E-state index contributed by atoms with van der Waals surface area (Å²) in [5, 5.41) is 0. The molecule has 2 N–H and O–H groups in total. The van der Waals surface area contributed by atoms with Gasteiger partial charge in [0.05, 0.1) is 16.0 Å². The average Bonchev–Trinajstić information content (AvgIpc) is 3.25. The van der Waals surface area contributed by atoms with Crippen molar-refractivity contribution in [2.24, 2.45) is 0 Å². The van der Waals surface area contributed by atoms with Crippen LogP contribution in [0.15, 0.2) is 65.0 Å². The number of anilines is 1. The zero-order valence-electron chi connectivity index (χ0n) is 14.4. The molecule has 0 bridgehead atoms. The number of nitrogen functional groups attached to an aromatic ring is 1. The van der Waals surface area contributed by atoms with Gasteiger partial charge in [-0.2, -0.15) is 0 Å². The molecule has 27 heavy (non-hydrogen) atoms. The van der Waals surface area contributed by atoms with Gasteiger partial charge in [-0.25, -0.2) is 4.98 Å². The maximum absolute atomic E-state index is 12.7. The summed E-state index contributed by atoms with van der Waals surface area (Å²) in [6, 6.07) is 20.2. The molecule has 0 aliphatic heterocycles. The quantitative estimate of drug-likeness (QED) is 0.254. The van der Waals surface area contributed by atoms with E-state index in [1.165, 1.54) is 34.0 Å². The largest absolute Gasteiger partial charge is 0.399 e. The summed E-state index contributed by atoms with van der Waals surface area (Å²) in [4.78, 5) is 17.3. The second-order valence-electron chi connectivity index (χ2n) is 6.62. The average molecular weight is 389 g/mol. The van der Waals surface area contributed by atoms with Gasteiger partial charge in [0.25, 0.3) is 0 Å². The molecule has 3 aromatic carbocycles. The van der Waals surface area contributed by atoms with Gasteiger partial charge in [0.2, 0.25) is 0 Å². The summed E-state index contributed by atoms with van der Waals surface area (Å²) in [7, 11) is 0. The van der Waals surface area contributed by atoms with E-state index in [-0.39, 0.29) is 5.78 Å². The smallest absolute Gasteiger partial charge is 0.173 e. The Labute approximate surface area is 165 Å². The molecule has 0 fully saturated rings. The third kappa shape index (κ3) is 3.03. The number of hydrogen-bond donors (Lipinski definition) is 1. The van der Waals surface area contributed by atoms with E-state index in [0.29, 0.717) is 5.75 Å². The van der Waals surface area contributed by atoms with Crippen molar-refractivity contribution in [1.29, 1.82) is 0 Å². The molecule has 1 aromatic heterocycles. The van der Waals surface area contributed by atoms with E-state index in [1.807, 2.05) is 24.3 Å². The highest BCUT2D eigenvalue weighted by molar-refractivity contribution is 8.01. The van der Waals surface area contributed by atoms with Crippen LogP contribution in [0.3, 0.4) is 0 Å². The van der Waals surface area contributed by atoms with Gasteiger partial charge in [-0.15, -0.1) is 11.3 Å². The fraction of sp³-hybridized carbons (Fsp3) is 0.0909. The fourth-order valence-electron chi connectivity index (χ4n) is 3.51. The lowest BCUT2D eigenvalue weighted by Gasteiger charge is -2.04. The minimum absolute atomic E-state index is 0.137. The van der Waals surface area contributed by atoms with Crippen LogP contribution in [-0.2, 0) is 6.42 Å². The normalized spacial score (nSPS) is 12.1. The van der Waals surface area contributed by atoms with Crippen LogP contribution in [0.2, 0.25) is 0 Å². The van der Waals surface area contributed by atoms with Gasteiger partial charge in [-0.05, 0) is 52.9 Å². The molecule has 1 aliphatic carbocycles. The van der Waals surface area contributed by atoms with Crippen LogP contribution < -0.4 is 5.73 Å². The SMILES string of the molecule is Nc1ccc2nc(SCC(=O)c3ccc4c(c3)Cc3ccccc3-4)sc2c1. The minimum Gasteiger partial charge on any atom is -0.399 e. The maximum Gasteiger partial charge on any atom is 0.173 e. The highest BCUT2D eigenvalue weighted by atomic mass is 32.2. The molecular weight excluding hydrogens is 372 g/mol. The van der Waals surface area contributed by atoms with E-state index in [1.54, 1.807) is 11.3 Å². The van der Waals surface area contributed by atoms with Crippen LogP contribution in [0, 0.1) is 0 Å². The Morgan fingerprint density at radius 1 is 1.04 bits per heavy atom.